The van der Waals surface area contributed by atoms with Crippen molar-refractivity contribution in [1.29, 1.82) is 0 Å². The number of hydrogen-bond donors (Lipinski definition) is 0. The lowest BCUT2D eigenvalue weighted by Gasteiger charge is -2.37. The van der Waals surface area contributed by atoms with Gasteiger partial charge in [-0.25, -0.2) is 50.5 Å². The molecule has 42 heteroatoms. The van der Waals surface area contributed by atoms with Gasteiger partial charge in [0.2, 0.25) is 0 Å². The van der Waals surface area contributed by atoms with E-state index in [2.05, 4.69) is 39.0 Å². The number of rotatable bonds is 21. The smallest absolute Gasteiger partial charge is 0.421 e. The number of benzene rings is 1. The van der Waals surface area contributed by atoms with Crippen molar-refractivity contribution in [1.82, 2.24) is 0 Å². The zero-order valence-corrected chi connectivity index (χ0v) is 47.9. The molecule has 3 heterocycles. The van der Waals surface area contributed by atoms with E-state index < -0.39 is 93.2 Å². The van der Waals surface area contributed by atoms with E-state index in [0.717, 1.165) is 12.4 Å². The van der Waals surface area contributed by atoms with Crippen LogP contribution < -0.4 is 0 Å². The highest BCUT2D eigenvalue weighted by Gasteiger charge is 2.49. The summed E-state index contributed by atoms with van der Waals surface area (Å²) < 4.78 is 332. The molecule has 1 aromatic carbocycles. The van der Waals surface area contributed by atoms with Crippen molar-refractivity contribution in [3.05, 3.63) is 47.3 Å². The molecule has 4 rings (SSSR count). The van der Waals surface area contributed by atoms with Crippen molar-refractivity contribution in [2.45, 2.75) is 151 Å². The van der Waals surface area contributed by atoms with Crippen LogP contribution in [0.25, 0.3) is 12.4 Å². The summed E-state index contributed by atoms with van der Waals surface area (Å²) in [6.07, 6.45) is 16.8. The quantitative estimate of drug-likeness (QED) is 0.0824. The van der Waals surface area contributed by atoms with E-state index >= 15 is 0 Å². The van der Waals surface area contributed by atoms with Gasteiger partial charge in [-0.15, -0.1) is 0 Å². The van der Waals surface area contributed by atoms with Crippen LogP contribution in [0.1, 0.15) is 115 Å². The Morgan fingerprint density at radius 2 is 0.469 bits per heavy atom. The van der Waals surface area contributed by atoms with Crippen molar-refractivity contribution in [2.24, 2.45) is 0 Å². The van der Waals surface area contributed by atoms with Crippen LogP contribution in [0.4, 0.5) is 79.0 Å². The average molecular weight is 1340 g/mol. The van der Waals surface area contributed by atoms with Crippen molar-refractivity contribution in [3.8, 4) is 0 Å². The lowest BCUT2D eigenvalue weighted by Crippen LogP contribution is -2.46. The molecular formula is C39H60F18N6O12S6. The maximum atomic E-state index is 11.4. The maximum Gasteiger partial charge on any atom is 0.480 e. The summed E-state index contributed by atoms with van der Waals surface area (Å²) in [6, 6.07) is 8.04. The number of sulfonamides is 6. The van der Waals surface area contributed by atoms with Gasteiger partial charge in [-0.05, 0) is 37.5 Å². The topological polar surface area (TPSA) is 247 Å². The molecule has 0 bridgehead atoms. The summed E-state index contributed by atoms with van der Waals surface area (Å²) in [6.45, 7) is 23.6. The largest absolute Gasteiger partial charge is 0.480 e. The monoisotopic (exact) mass is 1340 g/mol. The van der Waals surface area contributed by atoms with E-state index in [1.807, 2.05) is 0 Å². The van der Waals surface area contributed by atoms with Gasteiger partial charge in [-0.1, -0.05) is 40.0 Å². The molecule has 0 aromatic heterocycles. The van der Waals surface area contributed by atoms with E-state index in [1.54, 1.807) is 16.7 Å². The average Bonchev–Trinajstić information content (AvgIpc) is 4.04. The molecule has 0 aliphatic carbocycles. The predicted octanol–water partition coefficient (Wildman–Crippen LogP) is 10.6. The van der Waals surface area contributed by atoms with Crippen molar-refractivity contribution in [2.75, 3.05) is 58.9 Å². The first-order valence-corrected chi connectivity index (χ1v) is 32.6. The Morgan fingerprint density at radius 1 is 0.321 bits per heavy atom. The molecule has 3 aliphatic rings. The molecule has 18 nitrogen and oxygen atoms in total. The summed E-state index contributed by atoms with van der Waals surface area (Å²) in [7, 11) is -40.3. The Morgan fingerprint density at radius 3 is 0.593 bits per heavy atom. The van der Waals surface area contributed by atoms with Crippen LogP contribution in [0.15, 0.2) is 18.2 Å². The van der Waals surface area contributed by atoms with Crippen LogP contribution >= 0.6 is 0 Å². The predicted molar refractivity (Wildman–Crippen MR) is 254 cm³/mol. The number of alkyl halides is 18. The SMILES string of the molecule is CCCC[N+]1(Cc2cc(C[N+]3(CCCC)CCCC3)cc(C[N+]3(CCCC)CCCC3)c2)CCCC1.O=S(=O)([N-]S(=O)(=O)C(F)(F)F)C(F)(F)F.O=S(=O)([N-]S(=O)(=O)C(F)(F)F)C(F)(F)F.O=S(=O)([N-]S(=O)(=O)C(F)(F)F)C(F)(F)F. The highest BCUT2D eigenvalue weighted by molar-refractivity contribution is 8.14. The van der Waals surface area contributed by atoms with Crippen LogP contribution in [0.5, 0.6) is 0 Å². The molecule has 0 atom stereocenters. The summed E-state index contributed by atoms with van der Waals surface area (Å²) in [5.41, 5.74) is -32.2. The van der Waals surface area contributed by atoms with Crippen molar-refractivity contribution in [3.63, 3.8) is 0 Å². The Hall–Kier alpha value is -2.58. The van der Waals surface area contributed by atoms with Gasteiger partial charge in [0.15, 0.2) is 60.1 Å². The number of halogens is 18. The van der Waals surface area contributed by atoms with Crippen LogP contribution in [0.3, 0.4) is 0 Å². The van der Waals surface area contributed by atoms with Gasteiger partial charge in [-0.2, -0.15) is 79.0 Å². The lowest BCUT2D eigenvalue weighted by molar-refractivity contribution is -0.931. The minimum atomic E-state index is -6.72. The fraction of sp³-hybridized carbons (Fsp3) is 0.846. The van der Waals surface area contributed by atoms with E-state index in [4.69, 9.17) is 0 Å². The van der Waals surface area contributed by atoms with Crippen molar-refractivity contribution < 1.29 is 143 Å². The molecule has 0 saturated carbocycles. The standard InChI is InChI=1S/C33H60N3.3C2F6NO4S2/c1-4-7-16-34(19-10-11-20-34)28-31-25-32(29-35(17-8-5-2)21-12-13-22-35)27-33(26-31)30-36(18-9-6-3)23-14-15-24-36;3*3-1(4,5)14(10,11)9-15(12,13)2(6,7)8/h25-27H,4-24,28-30H2,1-3H3;;;/q+3;3*-1. The summed E-state index contributed by atoms with van der Waals surface area (Å²) >= 11 is 0. The van der Waals surface area contributed by atoms with E-state index in [-0.39, 0.29) is 0 Å². The molecule has 3 aliphatic heterocycles. The molecule has 3 fully saturated rings. The third-order valence-electron chi connectivity index (χ3n) is 12.5. The van der Waals surface area contributed by atoms with Gasteiger partial charge in [-0.3, -0.25) is 0 Å². The van der Waals surface area contributed by atoms with E-state index in [9.17, 15) is 130 Å². The second-order valence-electron chi connectivity index (χ2n) is 19.1. The molecule has 0 N–H and O–H groups in total. The zero-order chi connectivity index (χ0) is 63.4. The molecule has 0 spiro atoms. The Kier molecular flexibility index (Phi) is 26.7. The Balaban J connectivity index is 0.000000609. The number of likely N-dealkylation sites (tertiary alicyclic amines) is 3. The fourth-order valence-electron chi connectivity index (χ4n) is 8.80. The fourth-order valence-corrected chi connectivity index (χ4v) is 13.9. The van der Waals surface area contributed by atoms with Crippen LogP contribution in [-0.2, 0) is 79.8 Å². The Bertz CT molecular complexity index is 2440. The number of nitrogens with zero attached hydrogens (tertiary/aromatic N) is 6. The molecule has 1 aromatic rings. The van der Waals surface area contributed by atoms with Gasteiger partial charge in [0, 0.05) is 55.2 Å². The number of unbranched alkanes of at least 4 members (excludes halogenated alkanes) is 3. The summed E-state index contributed by atoms with van der Waals surface area (Å²) in [5.74, 6) is 0. The minimum Gasteiger partial charge on any atom is -0.421 e. The molecular weight excluding hydrogens is 1280 g/mol. The first-order valence-electron chi connectivity index (χ1n) is 23.9. The molecule has 81 heavy (non-hydrogen) atoms. The van der Waals surface area contributed by atoms with E-state index in [0.29, 0.717) is 0 Å². The lowest BCUT2D eigenvalue weighted by atomic mass is 10.0. The molecule has 0 amide bonds. The summed E-state index contributed by atoms with van der Waals surface area (Å²) in [4.78, 5) is 0. The first-order chi connectivity index (χ1) is 36.2. The Labute approximate surface area is 458 Å². The molecule has 0 unspecified atom stereocenters. The van der Waals surface area contributed by atoms with Gasteiger partial charge in [0.1, 0.15) is 19.6 Å². The van der Waals surface area contributed by atoms with Gasteiger partial charge in [0.25, 0.3) is 0 Å². The maximum absolute atomic E-state index is 11.4. The van der Waals surface area contributed by atoms with Crippen LogP contribution in [0, 0.1) is 0 Å². The van der Waals surface area contributed by atoms with Crippen LogP contribution in [0.2, 0.25) is 0 Å². The van der Waals surface area contributed by atoms with Crippen LogP contribution in [-0.4, -0.2) is 156 Å². The number of hydrogen-bond acceptors (Lipinski definition) is 12. The molecule has 480 valence electrons. The zero-order valence-electron chi connectivity index (χ0n) is 43.0. The second-order valence-corrected chi connectivity index (χ2v) is 29.4. The van der Waals surface area contributed by atoms with Crippen molar-refractivity contribution >= 4 is 60.1 Å². The van der Waals surface area contributed by atoms with E-state index in [1.165, 1.54) is 169 Å². The number of quaternary nitrogens is 3. The third kappa shape index (κ3) is 23.0. The third-order valence-corrected chi connectivity index (χ3v) is 20.7. The normalized spacial score (nSPS) is 18.5. The first kappa shape index (κ1) is 76.4. The summed E-state index contributed by atoms with van der Waals surface area (Å²) in [5, 5.41) is 0. The van der Waals surface area contributed by atoms with Gasteiger partial charge in [0.05, 0.1) is 58.9 Å². The highest BCUT2D eigenvalue weighted by Crippen LogP contribution is 2.39. The molecule has 0 radical (unpaired) electrons. The second kappa shape index (κ2) is 28.3. The van der Waals surface area contributed by atoms with Gasteiger partial charge < -0.3 is 25.8 Å². The van der Waals surface area contributed by atoms with Gasteiger partial charge >= 0.3 is 33.0 Å². The highest BCUT2D eigenvalue weighted by atomic mass is 32.3. The molecule has 3 saturated heterocycles. The minimum absolute atomic E-state index is 0.778.